The van der Waals surface area contributed by atoms with Crippen LogP contribution in [-0.2, 0) is 17.9 Å². The number of hydrogen-bond donors (Lipinski definition) is 3. The Morgan fingerprint density at radius 1 is 1.55 bits per heavy atom. The van der Waals surface area contributed by atoms with Crippen LogP contribution in [0.2, 0.25) is 0 Å². The van der Waals surface area contributed by atoms with Gasteiger partial charge in [0.2, 0.25) is 5.91 Å². The Labute approximate surface area is 124 Å². The molecule has 0 saturated carbocycles. The fourth-order valence-corrected chi connectivity index (χ4v) is 2.06. The van der Waals surface area contributed by atoms with Crippen molar-refractivity contribution in [1.82, 2.24) is 10.6 Å². The van der Waals surface area contributed by atoms with Crippen LogP contribution >= 0.6 is 12.4 Å². The summed E-state index contributed by atoms with van der Waals surface area (Å²) >= 11 is 0. The number of halogens is 2. The second-order valence-electron chi connectivity index (χ2n) is 5.01. The van der Waals surface area contributed by atoms with E-state index in [0.29, 0.717) is 18.0 Å². The Kier molecular flexibility index (Phi) is 6.39. The van der Waals surface area contributed by atoms with Gasteiger partial charge in [0.25, 0.3) is 0 Å². The molecule has 1 unspecified atom stereocenters. The standard InChI is InChI=1S/C14H19FN2O2.ClH/c1-9(12-6-16-7-12)14(19)17-5-10-2-3-11(8-18)13(15)4-10;/h2-4,9,12,16,18H,5-8H2,1H3,(H,17,19);1H. The van der Waals surface area contributed by atoms with E-state index < -0.39 is 5.82 Å². The van der Waals surface area contributed by atoms with Crippen LogP contribution < -0.4 is 10.6 Å². The Bertz CT molecular complexity index is 466. The van der Waals surface area contributed by atoms with Crippen molar-refractivity contribution in [3.05, 3.63) is 35.1 Å². The number of aliphatic hydroxyl groups is 1. The second-order valence-corrected chi connectivity index (χ2v) is 5.01. The van der Waals surface area contributed by atoms with Crippen molar-refractivity contribution in [2.75, 3.05) is 13.1 Å². The molecular formula is C14H20ClFN2O2. The zero-order valence-corrected chi connectivity index (χ0v) is 12.2. The van der Waals surface area contributed by atoms with Crippen LogP contribution in [0.4, 0.5) is 4.39 Å². The average molecular weight is 303 g/mol. The van der Waals surface area contributed by atoms with Crippen LogP contribution in [0, 0.1) is 17.7 Å². The Morgan fingerprint density at radius 3 is 2.75 bits per heavy atom. The maximum atomic E-state index is 13.4. The van der Waals surface area contributed by atoms with Crippen LogP contribution in [0.15, 0.2) is 18.2 Å². The molecule has 0 bridgehead atoms. The molecule has 1 aromatic rings. The zero-order valence-electron chi connectivity index (χ0n) is 11.4. The number of hydrogen-bond acceptors (Lipinski definition) is 3. The Balaban J connectivity index is 0.00000200. The summed E-state index contributed by atoms with van der Waals surface area (Å²) in [7, 11) is 0. The first-order valence-electron chi connectivity index (χ1n) is 6.48. The van der Waals surface area contributed by atoms with Gasteiger partial charge in [0.15, 0.2) is 0 Å². The number of carbonyl (C=O) groups is 1. The number of benzene rings is 1. The fraction of sp³-hybridized carbons (Fsp3) is 0.500. The first kappa shape index (κ1) is 16.9. The van der Waals surface area contributed by atoms with Gasteiger partial charge in [-0.1, -0.05) is 19.1 Å². The predicted molar refractivity (Wildman–Crippen MR) is 76.9 cm³/mol. The molecule has 1 aromatic carbocycles. The molecule has 1 atom stereocenters. The molecule has 1 amide bonds. The Morgan fingerprint density at radius 2 is 2.25 bits per heavy atom. The smallest absolute Gasteiger partial charge is 0.223 e. The number of rotatable bonds is 5. The molecule has 0 spiro atoms. The lowest BCUT2D eigenvalue weighted by Gasteiger charge is -2.31. The highest BCUT2D eigenvalue weighted by atomic mass is 35.5. The number of aliphatic hydroxyl groups excluding tert-OH is 1. The van der Waals surface area contributed by atoms with Gasteiger partial charge in [0.05, 0.1) is 6.61 Å². The molecule has 1 aliphatic rings. The van der Waals surface area contributed by atoms with Crippen LogP contribution in [0.1, 0.15) is 18.1 Å². The summed E-state index contributed by atoms with van der Waals surface area (Å²) in [5.41, 5.74) is 0.964. The van der Waals surface area contributed by atoms with Crippen LogP contribution in [0.25, 0.3) is 0 Å². The molecule has 0 radical (unpaired) electrons. The lowest BCUT2D eigenvalue weighted by molar-refractivity contribution is -0.126. The zero-order chi connectivity index (χ0) is 13.8. The quantitative estimate of drug-likeness (QED) is 0.766. The number of amides is 1. The van der Waals surface area contributed by atoms with Gasteiger partial charge in [0.1, 0.15) is 5.82 Å². The van der Waals surface area contributed by atoms with Crippen LogP contribution in [0.3, 0.4) is 0 Å². The molecule has 20 heavy (non-hydrogen) atoms. The minimum atomic E-state index is -0.439. The van der Waals surface area contributed by atoms with E-state index in [1.165, 1.54) is 12.1 Å². The summed E-state index contributed by atoms with van der Waals surface area (Å²) in [4.78, 5) is 11.9. The molecular weight excluding hydrogens is 283 g/mol. The van der Waals surface area contributed by atoms with Crippen molar-refractivity contribution in [3.63, 3.8) is 0 Å². The van der Waals surface area contributed by atoms with E-state index in [0.717, 1.165) is 13.1 Å². The third-order valence-electron chi connectivity index (χ3n) is 3.69. The molecule has 2 rings (SSSR count). The van der Waals surface area contributed by atoms with E-state index >= 15 is 0 Å². The molecule has 3 N–H and O–H groups in total. The topological polar surface area (TPSA) is 61.4 Å². The molecule has 1 saturated heterocycles. The van der Waals surface area contributed by atoms with Gasteiger partial charge in [-0.3, -0.25) is 4.79 Å². The first-order valence-corrected chi connectivity index (χ1v) is 6.48. The van der Waals surface area contributed by atoms with Crippen LogP contribution in [0.5, 0.6) is 0 Å². The highest BCUT2D eigenvalue weighted by Crippen LogP contribution is 2.16. The second kappa shape index (κ2) is 7.57. The van der Waals surface area contributed by atoms with Crippen molar-refractivity contribution in [1.29, 1.82) is 0 Å². The summed E-state index contributed by atoms with van der Waals surface area (Å²) in [6.07, 6.45) is 0. The molecule has 1 fully saturated rings. The summed E-state index contributed by atoms with van der Waals surface area (Å²) in [5, 5.41) is 14.8. The van der Waals surface area contributed by atoms with E-state index in [2.05, 4.69) is 10.6 Å². The van der Waals surface area contributed by atoms with Gasteiger partial charge < -0.3 is 15.7 Å². The maximum Gasteiger partial charge on any atom is 0.223 e. The summed E-state index contributed by atoms with van der Waals surface area (Å²) in [6.45, 7) is 3.68. The molecule has 0 aromatic heterocycles. The van der Waals surface area contributed by atoms with Gasteiger partial charge >= 0.3 is 0 Å². The highest BCUT2D eigenvalue weighted by molar-refractivity contribution is 5.85. The van der Waals surface area contributed by atoms with E-state index in [1.807, 2.05) is 6.92 Å². The van der Waals surface area contributed by atoms with Gasteiger partial charge in [-0.15, -0.1) is 12.4 Å². The normalized spacial score (nSPS) is 15.9. The largest absolute Gasteiger partial charge is 0.392 e. The maximum absolute atomic E-state index is 13.4. The van der Waals surface area contributed by atoms with Gasteiger partial charge in [-0.25, -0.2) is 4.39 Å². The summed E-state index contributed by atoms with van der Waals surface area (Å²) in [6, 6.07) is 4.60. The molecule has 1 aliphatic heterocycles. The van der Waals surface area contributed by atoms with E-state index in [4.69, 9.17) is 5.11 Å². The average Bonchev–Trinajstić information content (AvgIpc) is 2.34. The Hall–Kier alpha value is -1.17. The lowest BCUT2D eigenvalue weighted by atomic mass is 9.88. The van der Waals surface area contributed by atoms with E-state index in [1.54, 1.807) is 6.07 Å². The first-order chi connectivity index (χ1) is 9.11. The van der Waals surface area contributed by atoms with Gasteiger partial charge in [0, 0.05) is 18.0 Å². The summed E-state index contributed by atoms with van der Waals surface area (Å²) < 4.78 is 13.4. The third kappa shape index (κ3) is 3.91. The molecule has 1 heterocycles. The van der Waals surface area contributed by atoms with Gasteiger partial charge in [-0.05, 0) is 30.6 Å². The molecule has 0 aliphatic carbocycles. The third-order valence-corrected chi connectivity index (χ3v) is 3.69. The minimum Gasteiger partial charge on any atom is -0.392 e. The number of carbonyl (C=O) groups excluding carboxylic acids is 1. The van der Waals surface area contributed by atoms with Crippen molar-refractivity contribution < 1.29 is 14.3 Å². The van der Waals surface area contributed by atoms with Crippen molar-refractivity contribution in [2.45, 2.75) is 20.1 Å². The van der Waals surface area contributed by atoms with Crippen molar-refractivity contribution in [2.24, 2.45) is 11.8 Å². The SMILES string of the molecule is CC(C(=O)NCc1ccc(CO)c(F)c1)C1CNC1.Cl. The molecule has 112 valence electrons. The minimum absolute atomic E-state index is 0. The molecule has 6 heteroatoms. The highest BCUT2D eigenvalue weighted by Gasteiger charge is 2.28. The van der Waals surface area contributed by atoms with Crippen molar-refractivity contribution in [3.8, 4) is 0 Å². The summed E-state index contributed by atoms with van der Waals surface area (Å²) in [5.74, 6) is -0.0695. The van der Waals surface area contributed by atoms with E-state index in [9.17, 15) is 9.18 Å². The monoisotopic (exact) mass is 302 g/mol. The van der Waals surface area contributed by atoms with Gasteiger partial charge in [-0.2, -0.15) is 0 Å². The fourth-order valence-electron chi connectivity index (χ4n) is 2.06. The lowest BCUT2D eigenvalue weighted by Crippen LogP contribution is -2.49. The van der Waals surface area contributed by atoms with Crippen molar-refractivity contribution >= 4 is 18.3 Å². The number of nitrogens with one attached hydrogen (secondary N) is 2. The molecule has 4 nitrogen and oxygen atoms in total. The van der Waals surface area contributed by atoms with Crippen LogP contribution in [-0.4, -0.2) is 24.1 Å². The predicted octanol–water partition coefficient (Wildman–Crippen LogP) is 1.21. The van der Waals surface area contributed by atoms with E-state index in [-0.39, 0.29) is 36.4 Å².